The first-order valence-corrected chi connectivity index (χ1v) is 9.76. The Kier molecular flexibility index (Phi) is 6.84. The lowest BCUT2D eigenvalue weighted by molar-refractivity contribution is -0.149. The molecule has 0 bridgehead atoms. The van der Waals surface area contributed by atoms with Crippen molar-refractivity contribution in [2.45, 2.75) is 19.8 Å². The van der Waals surface area contributed by atoms with Crippen LogP contribution in [-0.2, 0) is 9.53 Å². The Balaban J connectivity index is 1.51. The van der Waals surface area contributed by atoms with Gasteiger partial charge in [0.2, 0.25) is 0 Å². The lowest BCUT2D eigenvalue weighted by Gasteiger charge is -2.31. The summed E-state index contributed by atoms with van der Waals surface area (Å²) in [6.45, 7) is 3.23. The van der Waals surface area contributed by atoms with Gasteiger partial charge in [-0.3, -0.25) is 9.59 Å². The molecular weight excluding hydrogens is 370 g/mol. The fraction of sp³-hybridized carbons (Fsp3) is 0.318. The average Bonchev–Trinajstić information content (AvgIpc) is 2.75. The Morgan fingerprint density at radius 1 is 0.931 bits per heavy atom. The second kappa shape index (κ2) is 9.73. The summed E-state index contributed by atoms with van der Waals surface area (Å²) >= 11 is 0. The number of nitrogens with one attached hydrogen (secondary N) is 2. The topological polar surface area (TPSA) is 87.7 Å². The van der Waals surface area contributed by atoms with E-state index in [9.17, 15) is 14.4 Å². The fourth-order valence-electron chi connectivity index (χ4n) is 3.27. The van der Waals surface area contributed by atoms with Crippen LogP contribution in [0.1, 0.15) is 30.1 Å². The summed E-state index contributed by atoms with van der Waals surface area (Å²) in [7, 11) is 0. The molecule has 2 aromatic rings. The lowest BCUT2D eigenvalue weighted by Crippen LogP contribution is -2.40. The van der Waals surface area contributed by atoms with E-state index < -0.39 is 0 Å². The van der Waals surface area contributed by atoms with E-state index >= 15 is 0 Å². The van der Waals surface area contributed by atoms with E-state index in [1.54, 1.807) is 48.2 Å². The molecule has 1 saturated heterocycles. The van der Waals surface area contributed by atoms with Gasteiger partial charge in [0, 0.05) is 30.0 Å². The van der Waals surface area contributed by atoms with Crippen molar-refractivity contribution in [1.29, 1.82) is 0 Å². The zero-order valence-electron chi connectivity index (χ0n) is 16.4. The van der Waals surface area contributed by atoms with E-state index in [1.165, 1.54) is 0 Å². The Morgan fingerprint density at radius 3 is 2.10 bits per heavy atom. The Hall–Kier alpha value is -3.35. The van der Waals surface area contributed by atoms with E-state index in [4.69, 9.17) is 4.74 Å². The predicted octanol–water partition coefficient (Wildman–Crippen LogP) is 3.75. The number of likely N-dealkylation sites (tertiary alicyclic amines) is 1. The van der Waals surface area contributed by atoms with Crippen molar-refractivity contribution in [2.24, 2.45) is 5.92 Å². The molecule has 1 aliphatic heterocycles. The van der Waals surface area contributed by atoms with Crippen molar-refractivity contribution in [3.05, 3.63) is 60.2 Å². The molecule has 7 heteroatoms. The van der Waals surface area contributed by atoms with Gasteiger partial charge in [0.15, 0.2) is 0 Å². The maximum Gasteiger partial charge on any atom is 0.323 e. The number of anilines is 2. The molecule has 7 nitrogen and oxygen atoms in total. The molecule has 0 saturated carbocycles. The SMILES string of the molecule is CCOC(=O)C1CCN(C(=O)c2ccc(NC(=O)Nc3ccccc3)cc2)CC1. The molecule has 2 N–H and O–H groups in total. The third-order valence-electron chi connectivity index (χ3n) is 4.82. The molecule has 1 aliphatic rings. The lowest BCUT2D eigenvalue weighted by atomic mass is 9.96. The smallest absolute Gasteiger partial charge is 0.323 e. The van der Waals surface area contributed by atoms with E-state index in [1.807, 2.05) is 18.2 Å². The van der Waals surface area contributed by atoms with E-state index in [0.29, 0.717) is 49.5 Å². The normalized spacial score (nSPS) is 14.2. The van der Waals surface area contributed by atoms with Crippen molar-refractivity contribution in [3.63, 3.8) is 0 Å². The predicted molar refractivity (Wildman–Crippen MR) is 111 cm³/mol. The number of rotatable bonds is 5. The van der Waals surface area contributed by atoms with Crippen molar-refractivity contribution in [3.8, 4) is 0 Å². The van der Waals surface area contributed by atoms with Crippen LogP contribution in [0.3, 0.4) is 0 Å². The Labute approximate surface area is 170 Å². The number of esters is 1. The number of carbonyl (C=O) groups excluding carboxylic acids is 3. The van der Waals surface area contributed by atoms with Crippen LogP contribution in [-0.4, -0.2) is 42.5 Å². The van der Waals surface area contributed by atoms with Crippen molar-refractivity contribution >= 4 is 29.3 Å². The van der Waals surface area contributed by atoms with Crippen molar-refractivity contribution in [1.82, 2.24) is 4.90 Å². The molecular formula is C22H25N3O4. The van der Waals surface area contributed by atoms with Crippen LogP contribution in [0, 0.1) is 5.92 Å². The molecule has 1 fully saturated rings. The summed E-state index contributed by atoms with van der Waals surface area (Å²) in [5, 5.41) is 5.48. The minimum atomic E-state index is -0.351. The van der Waals surface area contributed by atoms with Crippen LogP contribution in [0.15, 0.2) is 54.6 Å². The molecule has 0 aliphatic carbocycles. The highest BCUT2D eigenvalue weighted by atomic mass is 16.5. The molecule has 0 atom stereocenters. The van der Waals surface area contributed by atoms with Gasteiger partial charge in [-0.2, -0.15) is 0 Å². The number of amides is 3. The molecule has 29 heavy (non-hydrogen) atoms. The first kappa shape index (κ1) is 20.4. The monoisotopic (exact) mass is 395 g/mol. The molecule has 2 aromatic carbocycles. The van der Waals surface area contributed by atoms with E-state index in [-0.39, 0.29) is 23.8 Å². The number of carbonyl (C=O) groups is 3. The summed E-state index contributed by atoms with van der Waals surface area (Å²) in [5.74, 6) is -0.384. The molecule has 3 amide bonds. The standard InChI is InChI=1S/C22H25N3O4/c1-2-29-21(27)17-12-14-25(15-13-17)20(26)16-8-10-19(11-9-16)24-22(28)23-18-6-4-3-5-7-18/h3-11,17H,2,12-15H2,1H3,(H2,23,24,28). The quantitative estimate of drug-likeness (QED) is 0.755. The zero-order valence-corrected chi connectivity index (χ0v) is 16.4. The third kappa shape index (κ3) is 5.57. The highest BCUT2D eigenvalue weighted by molar-refractivity contribution is 6.00. The third-order valence-corrected chi connectivity index (χ3v) is 4.82. The number of ether oxygens (including phenoxy) is 1. The van der Waals surface area contributed by atoms with Gasteiger partial charge < -0.3 is 20.3 Å². The van der Waals surface area contributed by atoms with Crippen LogP contribution in [0.2, 0.25) is 0 Å². The molecule has 3 rings (SSSR count). The molecule has 0 spiro atoms. The van der Waals surface area contributed by atoms with E-state index in [0.717, 1.165) is 0 Å². The zero-order chi connectivity index (χ0) is 20.6. The first-order valence-electron chi connectivity index (χ1n) is 9.76. The van der Waals surface area contributed by atoms with Crippen LogP contribution < -0.4 is 10.6 Å². The van der Waals surface area contributed by atoms with Crippen LogP contribution in [0.4, 0.5) is 16.2 Å². The van der Waals surface area contributed by atoms with Gasteiger partial charge in [0.25, 0.3) is 5.91 Å². The Morgan fingerprint density at radius 2 is 1.52 bits per heavy atom. The number of benzene rings is 2. The summed E-state index contributed by atoms with van der Waals surface area (Å²) in [6.07, 6.45) is 1.23. The molecule has 152 valence electrons. The Bertz CT molecular complexity index is 844. The van der Waals surface area contributed by atoms with Gasteiger partial charge in [-0.25, -0.2) is 4.79 Å². The van der Waals surface area contributed by atoms with Gasteiger partial charge in [-0.1, -0.05) is 18.2 Å². The van der Waals surface area contributed by atoms with Gasteiger partial charge in [-0.05, 0) is 56.2 Å². The van der Waals surface area contributed by atoms with Gasteiger partial charge >= 0.3 is 12.0 Å². The van der Waals surface area contributed by atoms with E-state index in [2.05, 4.69) is 10.6 Å². The van der Waals surface area contributed by atoms with Crippen molar-refractivity contribution in [2.75, 3.05) is 30.3 Å². The summed E-state index contributed by atoms with van der Waals surface area (Å²) in [5.41, 5.74) is 1.84. The van der Waals surface area contributed by atoms with Crippen LogP contribution in [0.25, 0.3) is 0 Å². The second-order valence-electron chi connectivity index (χ2n) is 6.84. The maximum absolute atomic E-state index is 12.7. The van der Waals surface area contributed by atoms with Gasteiger partial charge in [-0.15, -0.1) is 0 Å². The van der Waals surface area contributed by atoms with Gasteiger partial charge in [0.05, 0.1) is 12.5 Å². The average molecular weight is 395 g/mol. The summed E-state index contributed by atoms with van der Waals surface area (Å²) in [6, 6.07) is 15.6. The minimum Gasteiger partial charge on any atom is -0.466 e. The van der Waals surface area contributed by atoms with Gasteiger partial charge in [0.1, 0.15) is 0 Å². The largest absolute Gasteiger partial charge is 0.466 e. The highest BCUT2D eigenvalue weighted by Gasteiger charge is 2.28. The van der Waals surface area contributed by atoms with Crippen LogP contribution in [0.5, 0.6) is 0 Å². The van der Waals surface area contributed by atoms with Crippen molar-refractivity contribution < 1.29 is 19.1 Å². The number of piperidine rings is 1. The highest BCUT2D eigenvalue weighted by Crippen LogP contribution is 2.21. The summed E-state index contributed by atoms with van der Waals surface area (Å²) < 4.78 is 5.06. The molecule has 0 unspecified atom stereocenters. The number of urea groups is 1. The first-order chi connectivity index (χ1) is 14.1. The van der Waals surface area contributed by atoms with Crippen LogP contribution >= 0.6 is 0 Å². The molecule has 1 heterocycles. The fourth-order valence-corrected chi connectivity index (χ4v) is 3.27. The molecule has 0 aromatic heterocycles. The number of para-hydroxylation sites is 1. The molecule has 0 radical (unpaired) electrons. The minimum absolute atomic E-state index is 0.0763. The number of hydrogen-bond acceptors (Lipinski definition) is 4. The number of hydrogen-bond donors (Lipinski definition) is 2. The summed E-state index contributed by atoms with van der Waals surface area (Å²) in [4.78, 5) is 38.3. The maximum atomic E-state index is 12.7. The second-order valence-corrected chi connectivity index (χ2v) is 6.84. The number of nitrogens with zero attached hydrogens (tertiary/aromatic N) is 1.